The van der Waals surface area contributed by atoms with Crippen LogP contribution in [0.5, 0.6) is 0 Å². The molecule has 3 aromatic rings. The molecule has 27 heavy (non-hydrogen) atoms. The Hall–Kier alpha value is -3.46. The molecule has 4 N–H and O–H groups in total. The van der Waals surface area contributed by atoms with E-state index in [1.165, 1.54) is 17.5 Å². The number of aromatic nitrogens is 2. The summed E-state index contributed by atoms with van der Waals surface area (Å²) in [4.78, 5) is 32.6. The number of hydrogen-bond donors (Lipinski definition) is 4. The number of carbonyl (C=O) groups excluding carboxylic acids is 2. The largest absolute Gasteiger partial charge is 0.355 e. The van der Waals surface area contributed by atoms with Gasteiger partial charge < -0.3 is 10.6 Å². The average molecular weight is 382 g/mol. The second-order valence-corrected chi connectivity index (χ2v) is 6.28. The van der Waals surface area contributed by atoms with Crippen molar-refractivity contribution in [2.24, 2.45) is 0 Å². The van der Waals surface area contributed by atoms with Gasteiger partial charge in [0.05, 0.1) is 11.3 Å². The molecule has 0 spiro atoms. The van der Waals surface area contributed by atoms with Gasteiger partial charge in [0.25, 0.3) is 5.91 Å². The predicted octanol–water partition coefficient (Wildman–Crippen LogP) is 3.68. The molecule has 3 rings (SSSR count). The van der Waals surface area contributed by atoms with Gasteiger partial charge in [0.2, 0.25) is 0 Å². The summed E-state index contributed by atoms with van der Waals surface area (Å²) >= 11 is 1.32. The van der Waals surface area contributed by atoms with Crippen LogP contribution >= 0.6 is 11.3 Å². The highest BCUT2D eigenvalue weighted by molar-refractivity contribution is 7.13. The Morgan fingerprint density at radius 3 is 2.63 bits per heavy atom. The van der Waals surface area contributed by atoms with E-state index in [0.29, 0.717) is 28.7 Å². The molecule has 1 aromatic carbocycles. The van der Waals surface area contributed by atoms with E-state index in [4.69, 9.17) is 0 Å². The number of nitrogens with one attached hydrogen (secondary N) is 4. The highest BCUT2D eigenvalue weighted by Gasteiger charge is 2.15. The number of pyridine rings is 1. The second kappa shape index (κ2) is 8.77. The molecule has 0 fully saturated rings. The fourth-order valence-electron chi connectivity index (χ4n) is 2.26. The Kier molecular flexibility index (Phi) is 5.95. The molecule has 0 bridgehead atoms. The van der Waals surface area contributed by atoms with E-state index < -0.39 is 0 Å². The molecule has 3 amide bonds. The van der Waals surface area contributed by atoms with Crippen LogP contribution in [0.15, 0.2) is 54.2 Å². The van der Waals surface area contributed by atoms with Gasteiger partial charge in [0, 0.05) is 36.1 Å². The molecule has 0 aliphatic carbocycles. The van der Waals surface area contributed by atoms with Crippen LogP contribution in [0.1, 0.15) is 17.3 Å². The molecule has 0 saturated heterocycles. The third-order valence-corrected chi connectivity index (χ3v) is 4.12. The zero-order valence-corrected chi connectivity index (χ0v) is 15.3. The summed E-state index contributed by atoms with van der Waals surface area (Å²) in [6.07, 6.45) is 3.02. The number of anilines is 4. The minimum absolute atomic E-state index is 0.324. The van der Waals surface area contributed by atoms with Crippen molar-refractivity contribution < 1.29 is 9.59 Å². The highest BCUT2D eigenvalue weighted by Crippen LogP contribution is 2.24. The van der Waals surface area contributed by atoms with Crippen LogP contribution in [-0.2, 0) is 0 Å². The molecule has 0 saturated carbocycles. The van der Waals surface area contributed by atoms with Crippen LogP contribution in [0.2, 0.25) is 0 Å². The minimum atomic E-state index is -0.365. The van der Waals surface area contributed by atoms with E-state index in [1.807, 2.05) is 37.3 Å². The molecular weight excluding hydrogens is 364 g/mol. The van der Waals surface area contributed by atoms with E-state index in [9.17, 15) is 9.59 Å². The van der Waals surface area contributed by atoms with Crippen LogP contribution < -0.4 is 21.3 Å². The maximum Gasteiger partial charge on any atom is 0.320 e. The number of carbonyl (C=O) groups is 2. The number of hydrogen-bond acceptors (Lipinski definition) is 6. The zero-order chi connectivity index (χ0) is 19.1. The van der Waals surface area contributed by atoms with Crippen LogP contribution in [0.3, 0.4) is 0 Å². The Labute approximate surface area is 160 Å². The molecule has 0 radical (unpaired) electrons. The van der Waals surface area contributed by atoms with Crippen molar-refractivity contribution in [3.63, 3.8) is 0 Å². The van der Waals surface area contributed by atoms with E-state index in [-0.39, 0.29) is 11.9 Å². The quantitative estimate of drug-likeness (QED) is 0.520. The van der Waals surface area contributed by atoms with Gasteiger partial charge in [-0.1, -0.05) is 18.2 Å². The number of para-hydroxylation sites is 1. The molecule has 2 heterocycles. The van der Waals surface area contributed by atoms with Gasteiger partial charge in [-0.2, -0.15) is 0 Å². The summed E-state index contributed by atoms with van der Waals surface area (Å²) in [5.41, 5.74) is 1.64. The maximum absolute atomic E-state index is 12.6. The van der Waals surface area contributed by atoms with Crippen molar-refractivity contribution in [1.82, 2.24) is 15.3 Å². The molecule has 0 aliphatic rings. The average Bonchev–Trinajstić information content (AvgIpc) is 3.16. The number of thiazole rings is 1. The Morgan fingerprint density at radius 1 is 1.11 bits per heavy atom. The van der Waals surface area contributed by atoms with E-state index in [2.05, 4.69) is 31.2 Å². The fourth-order valence-corrected chi connectivity index (χ4v) is 2.78. The predicted molar refractivity (Wildman–Crippen MR) is 107 cm³/mol. The third-order valence-electron chi connectivity index (χ3n) is 3.43. The van der Waals surface area contributed by atoms with Crippen LogP contribution in [0, 0.1) is 0 Å². The molecule has 2 aromatic heterocycles. The minimum Gasteiger partial charge on any atom is -0.355 e. The molecule has 0 atom stereocenters. The summed E-state index contributed by atoms with van der Waals surface area (Å²) in [7, 11) is 0. The Bertz CT molecular complexity index is 915. The first kappa shape index (κ1) is 18.3. The standard InChI is InChI=1S/C18H18N6O2S/c1-2-19-17(26)23-15-10-14(22-12-6-4-3-5-7-12)13(11-21-15)16(25)24-18-20-8-9-27-18/h3-11H,2H2,1H3,(H,20,24,25)(H3,19,21,22,23,26). The zero-order valence-electron chi connectivity index (χ0n) is 14.5. The molecular formula is C18H18N6O2S. The van der Waals surface area contributed by atoms with Crippen LogP contribution in [0.25, 0.3) is 0 Å². The monoisotopic (exact) mass is 382 g/mol. The Morgan fingerprint density at radius 2 is 1.93 bits per heavy atom. The van der Waals surface area contributed by atoms with Crippen LogP contribution in [0.4, 0.5) is 27.1 Å². The van der Waals surface area contributed by atoms with Gasteiger partial charge >= 0.3 is 6.03 Å². The summed E-state index contributed by atoms with van der Waals surface area (Å²) in [6.45, 7) is 2.32. The lowest BCUT2D eigenvalue weighted by Gasteiger charge is -2.13. The van der Waals surface area contributed by atoms with Crippen molar-refractivity contribution in [2.75, 3.05) is 22.5 Å². The lowest BCUT2D eigenvalue weighted by molar-refractivity contribution is 0.102. The van der Waals surface area contributed by atoms with Gasteiger partial charge in [0.1, 0.15) is 5.82 Å². The van der Waals surface area contributed by atoms with Crippen LogP contribution in [-0.4, -0.2) is 28.5 Å². The van der Waals surface area contributed by atoms with Crippen molar-refractivity contribution in [3.05, 3.63) is 59.7 Å². The van der Waals surface area contributed by atoms with Gasteiger partial charge in [0.15, 0.2) is 5.13 Å². The van der Waals surface area contributed by atoms with Gasteiger partial charge in [-0.05, 0) is 19.1 Å². The third kappa shape index (κ3) is 5.02. The molecule has 9 heteroatoms. The molecule has 0 aliphatic heterocycles. The van der Waals surface area contributed by atoms with Crippen molar-refractivity contribution in [1.29, 1.82) is 0 Å². The van der Waals surface area contributed by atoms with E-state index in [0.717, 1.165) is 5.69 Å². The first-order chi connectivity index (χ1) is 13.2. The number of nitrogens with zero attached hydrogens (tertiary/aromatic N) is 2. The smallest absolute Gasteiger partial charge is 0.320 e. The molecule has 0 unspecified atom stereocenters. The van der Waals surface area contributed by atoms with Crippen molar-refractivity contribution >= 4 is 45.6 Å². The number of benzene rings is 1. The van der Waals surface area contributed by atoms with Gasteiger partial charge in [-0.3, -0.25) is 15.4 Å². The number of urea groups is 1. The van der Waals surface area contributed by atoms with Crippen molar-refractivity contribution in [2.45, 2.75) is 6.92 Å². The molecule has 8 nitrogen and oxygen atoms in total. The topological polar surface area (TPSA) is 108 Å². The number of amides is 3. The van der Waals surface area contributed by atoms with E-state index in [1.54, 1.807) is 17.6 Å². The summed E-state index contributed by atoms with van der Waals surface area (Å²) in [6, 6.07) is 10.7. The normalized spacial score (nSPS) is 10.1. The van der Waals surface area contributed by atoms with E-state index >= 15 is 0 Å². The number of rotatable bonds is 6. The highest BCUT2D eigenvalue weighted by atomic mass is 32.1. The first-order valence-corrected chi connectivity index (χ1v) is 9.11. The lowest BCUT2D eigenvalue weighted by atomic mass is 10.2. The Balaban J connectivity index is 1.88. The lowest BCUT2D eigenvalue weighted by Crippen LogP contribution is -2.28. The van der Waals surface area contributed by atoms with Gasteiger partial charge in [-0.15, -0.1) is 11.3 Å². The molecule has 138 valence electrons. The fraction of sp³-hybridized carbons (Fsp3) is 0.111. The maximum atomic E-state index is 12.6. The SMILES string of the molecule is CCNC(=O)Nc1cc(Nc2ccccc2)c(C(=O)Nc2nccs2)cn1. The summed E-state index contributed by atoms with van der Waals surface area (Å²) in [5.74, 6) is -0.0226. The van der Waals surface area contributed by atoms with Crippen molar-refractivity contribution in [3.8, 4) is 0 Å². The second-order valence-electron chi connectivity index (χ2n) is 5.38. The van der Waals surface area contributed by atoms with Gasteiger partial charge in [-0.25, -0.2) is 14.8 Å². The summed E-state index contributed by atoms with van der Waals surface area (Å²) < 4.78 is 0. The summed E-state index contributed by atoms with van der Waals surface area (Å²) in [5, 5.41) is 13.5. The first-order valence-electron chi connectivity index (χ1n) is 8.23.